The lowest BCUT2D eigenvalue weighted by atomic mass is 10.2. The number of aromatic amines is 1. The highest BCUT2D eigenvalue weighted by Gasteiger charge is 2.32. The second-order valence-electron chi connectivity index (χ2n) is 7.56. The molecule has 2 aromatic rings. The van der Waals surface area contributed by atoms with Crippen LogP contribution in [0.3, 0.4) is 0 Å². The molecule has 1 aromatic heterocycles. The van der Waals surface area contributed by atoms with E-state index in [1.165, 1.54) is 33.4 Å². The summed E-state index contributed by atoms with van der Waals surface area (Å²) in [6.45, 7) is 2.35. The number of benzene rings is 1. The zero-order valence-electron chi connectivity index (χ0n) is 17.3. The number of hydrogen-bond donors (Lipinski definition) is 2. The number of amides is 1. The summed E-state index contributed by atoms with van der Waals surface area (Å²) >= 11 is 7.03. The van der Waals surface area contributed by atoms with Gasteiger partial charge in [-0.05, 0) is 37.5 Å². The monoisotopic (exact) mass is 468 g/mol. The Kier molecular flexibility index (Phi) is 7.83. The van der Waals surface area contributed by atoms with E-state index in [0.29, 0.717) is 17.9 Å². The van der Waals surface area contributed by atoms with Gasteiger partial charge in [-0.25, -0.2) is 9.18 Å². The molecule has 3 N–H and O–H groups in total. The molecule has 1 fully saturated rings. The predicted molar refractivity (Wildman–Crippen MR) is 123 cm³/mol. The number of H-pyrrole nitrogens is 1. The Morgan fingerprint density at radius 3 is 2.71 bits per heavy atom. The van der Waals surface area contributed by atoms with Crippen LogP contribution in [0.4, 0.5) is 15.9 Å². The van der Waals surface area contributed by atoms with E-state index in [2.05, 4.69) is 4.98 Å². The third-order valence-corrected chi connectivity index (χ3v) is 6.67. The second kappa shape index (κ2) is 10.4. The number of thioether (sulfide) groups is 1. The first-order valence-electron chi connectivity index (χ1n) is 10.4. The van der Waals surface area contributed by atoms with Crippen LogP contribution in [-0.2, 0) is 11.3 Å². The molecule has 168 valence electrons. The first-order chi connectivity index (χ1) is 14.8. The van der Waals surface area contributed by atoms with Gasteiger partial charge in [0.05, 0.1) is 10.8 Å². The summed E-state index contributed by atoms with van der Waals surface area (Å²) in [5.41, 5.74) is 5.05. The summed E-state index contributed by atoms with van der Waals surface area (Å²) in [5, 5.41) is -0.0196. The molecule has 10 heteroatoms. The van der Waals surface area contributed by atoms with Crippen molar-refractivity contribution in [1.82, 2.24) is 9.55 Å². The predicted octanol–water partition coefficient (Wildman–Crippen LogP) is 3.78. The summed E-state index contributed by atoms with van der Waals surface area (Å²) < 4.78 is 14.7. The third-order valence-electron chi connectivity index (χ3n) is 5.40. The zero-order chi connectivity index (χ0) is 22.5. The number of carbonyl (C=O) groups excluding carboxylic acids is 1. The van der Waals surface area contributed by atoms with Gasteiger partial charge in [0.25, 0.3) is 5.56 Å². The van der Waals surface area contributed by atoms with Gasteiger partial charge in [-0.3, -0.25) is 19.1 Å². The molecule has 0 spiro atoms. The number of anilines is 2. The van der Waals surface area contributed by atoms with Crippen molar-refractivity contribution in [2.75, 3.05) is 16.4 Å². The first-order valence-corrected chi connectivity index (χ1v) is 11.7. The molecule has 0 saturated heterocycles. The van der Waals surface area contributed by atoms with Crippen molar-refractivity contribution in [2.24, 2.45) is 0 Å². The van der Waals surface area contributed by atoms with Crippen molar-refractivity contribution < 1.29 is 9.18 Å². The quantitative estimate of drug-likeness (QED) is 0.574. The van der Waals surface area contributed by atoms with E-state index >= 15 is 0 Å². The van der Waals surface area contributed by atoms with E-state index in [4.69, 9.17) is 17.3 Å². The van der Waals surface area contributed by atoms with E-state index < -0.39 is 17.1 Å². The SMILES string of the molecule is CCCCn1c(N)c(N(C(=O)CSc2ccc(F)c(Cl)c2)C2CCCC2)c(=O)[nH]c1=O. The molecule has 1 aliphatic carbocycles. The van der Waals surface area contributed by atoms with Gasteiger partial charge in [0, 0.05) is 17.5 Å². The van der Waals surface area contributed by atoms with Crippen molar-refractivity contribution in [3.05, 3.63) is 49.9 Å². The van der Waals surface area contributed by atoms with E-state index in [-0.39, 0.29) is 34.2 Å². The lowest BCUT2D eigenvalue weighted by Gasteiger charge is -2.30. The second-order valence-corrected chi connectivity index (χ2v) is 9.02. The fourth-order valence-electron chi connectivity index (χ4n) is 3.80. The van der Waals surface area contributed by atoms with Crippen LogP contribution in [0.2, 0.25) is 5.02 Å². The fraction of sp³-hybridized carbons (Fsp3) is 0.476. The number of hydrogen-bond acceptors (Lipinski definition) is 5. The van der Waals surface area contributed by atoms with Gasteiger partial charge in [0.1, 0.15) is 11.6 Å². The van der Waals surface area contributed by atoms with E-state index in [0.717, 1.165) is 32.1 Å². The number of unbranched alkanes of at least 4 members (excludes halogenated alkanes) is 1. The van der Waals surface area contributed by atoms with E-state index in [1.807, 2.05) is 6.92 Å². The van der Waals surface area contributed by atoms with Gasteiger partial charge >= 0.3 is 5.69 Å². The summed E-state index contributed by atoms with van der Waals surface area (Å²) in [7, 11) is 0. The number of aromatic nitrogens is 2. The van der Waals surface area contributed by atoms with Gasteiger partial charge < -0.3 is 10.6 Å². The van der Waals surface area contributed by atoms with Crippen LogP contribution in [0, 0.1) is 5.82 Å². The Morgan fingerprint density at radius 2 is 2.06 bits per heavy atom. The van der Waals surface area contributed by atoms with Crippen LogP contribution in [0.1, 0.15) is 45.4 Å². The maximum absolute atomic E-state index is 13.4. The van der Waals surface area contributed by atoms with Gasteiger partial charge in [-0.15, -0.1) is 11.8 Å². The topological polar surface area (TPSA) is 101 Å². The molecule has 0 radical (unpaired) electrons. The summed E-state index contributed by atoms with van der Waals surface area (Å²) in [4.78, 5) is 42.7. The highest BCUT2D eigenvalue weighted by Crippen LogP contribution is 2.31. The Morgan fingerprint density at radius 1 is 1.35 bits per heavy atom. The molecule has 0 aliphatic heterocycles. The minimum atomic E-state index is -0.662. The number of nitrogens with one attached hydrogen (secondary N) is 1. The minimum absolute atomic E-state index is 0.0114. The van der Waals surface area contributed by atoms with Crippen LogP contribution < -0.4 is 21.9 Å². The summed E-state index contributed by atoms with van der Waals surface area (Å²) in [6, 6.07) is 4.09. The molecule has 31 heavy (non-hydrogen) atoms. The van der Waals surface area contributed by atoms with Crippen LogP contribution >= 0.6 is 23.4 Å². The number of halogens is 2. The van der Waals surface area contributed by atoms with Gasteiger partial charge in [-0.2, -0.15) is 0 Å². The molecule has 1 aromatic carbocycles. The van der Waals surface area contributed by atoms with Crippen LogP contribution in [0.25, 0.3) is 0 Å². The lowest BCUT2D eigenvalue weighted by Crippen LogP contribution is -2.46. The molecular formula is C21H26ClFN4O3S. The standard InChI is InChI=1S/C21H26ClFN4O3S/c1-2-3-10-26-19(24)18(20(29)25-21(26)30)27(13-6-4-5-7-13)17(28)12-31-14-8-9-16(23)15(22)11-14/h8-9,11,13H,2-7,10,12,24H2,1H3,(H,25,29,30). The van der Waals surface area contributed by atoms with Crippen LogP contribution in [-0.4, -0.2) is 27.3 Å². The number of rotatable bonds is 8. The number of carbonyl (C=O) groups is 1. The Labute approximate surface area is 188 Å². The fourth-order valence-corrected chi connectivity index (χ4v) is 4.84. The maximum atomic E-state index is 13.4. The first kappa shape index (κ1) is 23.4. The number of nitrogens with two attached hydrogens (primary N) is 1. The molecule has 0 atom stereocenters. The third kappa shape index (κ3) is 5.33. The van der Waals surface area contributed by atoms with Crippen molar-refractivity contribution in [3.63, 3.8) is 0 Å². The van der Waals surface area contributed by atoms with Gasteiger partial charge in [-0.1, -0.05) is 37.8 Å². The van der Waals surface area contributed by atoms with E-state index in [1.54, 1.807) is 6.07 Å². The molecule has 1 heterocycles. The summed E-state index contributed by atoms with van der Waals surface area (Å²) in [5.74, 6) is -0.795. The van der Waals surface area contributed by atoms with E-state index in [9.17, 15) is 18.8 Å². The molecule has 1 amide bonds. The molecule has 1 aliphatic rings. The molecule has 0 unspecified atom stereocenters. The molecule has 1 saturated carbocycles. The van der Waals surface area contributed by atoms with Crippen molar-refractivity contribution in [1.29, 1.82) is 0 Å². The van der Waals surface area contributed by atoms with Crippen molar-refractivity contribution >= 4 is 40.8 Å². The highest BCUT2D eigenvalue weighted by atomic mass is 35.5. The molecule has 0 bridgehead atoms. The maximum Gasteiger partial charge on any atom is 0.330 e. The molecule has 3 rings (SSSR count). The van der Waals surface area contributed by atoms with Gasteiger partial charge in [0.2, 0.25) is 5.91 Å². The molecular weight excluding hydrogens is 443 g/mol. The Bertz CT molecular complexity index is 1070. The average Bonchev–Trinajstić information content (AvgIpc) is 3.25. The van der Waals surface area contributed by atoms with Crippen molar-refractivity contribution in [2.45, 2.75) is 62.9 Å². The average molecular weight is 469 g/mol. The molecule has 7 nitrogen and oxygen atoms in total. The zero-order valence-corrected chi connectivity index (χ0v) is 18.9. The normalized spacial score (nSPS) is 14.2. The Hall–Kier alpha value is -2.26. The lowest BCUT2D eigenvalue weighted by molar-refractivity contribution is -0.116. The Balaban J connectivity index is 1.94. The van der Waals surface area contributed by atoms with Crippen LogP contribution in [0.5, 0.6) is 0 Å². The largest absolute Gasteiger partial charge is 0.383 e. The smallest absolute Gasteiger partial charge is 0.330 e. The van der Waals surface area contributed by atoms with Crippen molar-refractivity contribution in [3.8, 4) is 0 Å². The number of nitrogens with zero attached hydrogens (tertiary/aromatic N) is 2. The highest BCUT2D eigenvalue weighted by molar-refractivity contribution is 8.00. The summed E-state index contributed by atoms with van der Waals surface area (Å²) in [6.07, 6.45) is 4.97. The van der Waals surface area contributed by atoms with Crippen LogP contribution in [0.15, 0.2) is 32.7 Å². The number of nitrogen functional groups attached to an aromatic ring is 1. The van der Waals surface area contributed by atoms with Gasteiger partial charge in [0.15, 0.2) is 5.69 Å². The minimum Gasteiger partial charge on any atom is -0.383 e.